The Kier molecular flexibility index (Phi) is 7.40. The molecule has 28 heavy (non-hydrogen) atoms. The highest BCUT2D eigenvalue weighted by atomic mass is 35.5. The van der Waals surface area contributed by atoms with E-state index in [9.17, 15) is 9.59 Å². The fourth-order valence-corrected chi connectivity index (χ4v) is 4.46. The zero-order valence-corrected chi connectivity index (χ0v) is 17.4. The molecule has 0 unspecified atom stereocenters. The number of rotatable bonds is 6. The molecule has 3 aliphatic heterocycles. The Hall–Kier alpha value is -1.72. The SMILES string of the molecule is O=C(C[N+]12CC[N+](CC(=O)c3ccccc3)(CC1)CC2)c1ccccc1.[Cl-].[Cl-]. The maximum atomic E-state index is 12.7. The minimum absolute atomic E-state index is 0. The first-order valence-electron chi connectivity index (χ1n) is 9.47. The van der Waals surface area contributed by atoms with Crippen molar-refractivity contribution < 1.29 is 43.4 Å². The molecule has 2 aromatic carbocycles. The second-order valence-electron chi connectivity index (χ2n) is 7.92. The van der Waals surface area contributed by atoms with Gasteiger partial charge in [-0.05, 0) is 0 Å². The number of ketones is 2. The maximum Gasteiger partial charge on any atom is 0.216 e. The lowest BCUT2D eigenvalue weighted by molar-refractivity contribution is -1.07. The van der Waals surface area contributed by atoms with E-state index in [1.807, 2.05) is 60.7 Å². The van der Waals surface area contributed by atoms with Gasteiger partial charge in [0.05, 0.1) is 0 Å². The van der Waals surface area contributed by atoms with Crippen LogP contribution in [-0.4, -0.2) is 72.9 Å². The third-order valence-electron chi connectivity index (χ3n) is 6.30. The number of Topliss-reactive ketones (excluding diaryl/α,β-unsaturated/α-hetero) is 2. The lowest BCUT2D eigenvalue weighted by atomic mass is 10.0. The van der Waals surface area contributed by atoms with Crippen LogP contribution >= 0.6 is 0 Å². The summed E-state index contributed by atoms with van der Waals surface area (Å²) < 4.78 is 1.79. The average molecular weight is 421 g/mol. The van der Waals surface area contributed by atoms with Crippen molar-refractivity contribution in [2.24, 2.45) is 0 Å². The molecule has 0 N–H and O–H groups in total. The summed E-state index contributed by atoms with van der Waals surface area (Å²) >= 11 is 0. The minimum atomic E-state index is 0. The van der Waals surface area contributed by atoms with E-state index in [1.165, 1.54) is 0 Å². The van der Waals surface area contributed by atoms with E-state index in [1.54, 1.807) is 0 Å². The molecule has 3 saturated heterocycles. The molecule has 6 heteroatoms. The first kappa shape index (κ1) is 22.6. The summed E-state index contributed by atoms with van der Waals surface area (Å²) in [4.78, 5) is 25.3. The molecule has 0 aromatic heterocycles. The number of piperazine rings is 3. The van der Waals surface area contributed by atoms with Crippen molar-refractivity contribution in [3.05, 3.63) is 71.8 Å². The highest BCUT2D eigenvalue weighted by Crippen LogP contribution is 2.27. The number of carbonyl (C=O) groups excluding carboxylic acids is 2. The molecule has 0 aliphatic carbocycles. The van der Waals surface area contributed by atoms with Gasteiger partial charge in [-0.1, -0.05) is 60.7 Å². The monoisotopic (exact) mass is 420 g/mol. The van der Waals surface area contributed by atoms with Crippen molar-refractivity contribution in [1.29, 1.82) is 0 Å². The summed E-state index contributed by atoms with van der Waals surface area (Å²) in [5, 5.41) is 0. The van der Waals surface area contributed by atoms with Gasteiger partial charge in [0.2, 0.25) is 11.6 Å². The van der Waals surface area contributed by atoms with Gasteiger partial charge in [-0.15, -0.1) is 0 Å². The molecule has 2 bridgehead atoms. The maximum absolute atomic E-state index is 12.7. The Labute approximate surface area is 179 Å². The number of carbonyl (C=O) groups is 2. The van der Waals surface area contributed by atoms with Crippen LogP contribution in [0.5, 0.6) is 0 Å². The molecule has 0 spiro atoms. The standard InChI is InChI=1S/C22H26N2O2.2ClH/c25-21(19-7-3-1-4-8-19)17-23-11-14-24(15-12-23,16-13-23)18-22(26)20-9-5-2-6-10-20;;/h1-10H,11-18H2;2*1H/q+2;;/p-2. The van der Waals surface area contributed by atoms with Crippen molar-refractivity contribution in [3.63, 3.8) is 0 Å². The first-order chi connectivity index (χ1) is 12.6. The summed E-state index contributed by atoms with van der Waals surface area (Å²) in [6.45, 7) is 7.19. The van der Waals surface area contributed by atoms with E-state index < -0.39 is 0 Å². The fraction of sp³-hybridized carbons (Fsp3) is 0.364. The van der Waals surface area contributed by atoms with E-state index in [-0.39, 0.29) is 36.4 Å². The summed E-state index contributed by atoms with van der Waals surface area (Å²) in [7, 11) is 0. The number of hydrogen-bond acceptors (Lipinski definition) is 2. The van der Waals surface area contributed by atoms with Crippen LogP contribution in [0.2, 0.25) is 0 Å². The Morgan fingerprint density at radius 3 is 1.14 bits per heavy atom. The van der Waals surface area contributed by atoms with E-state index >= 15 is 0 Å². The van der Waals surface area contributed by atoms with Crippen molar-refractivity contribution in [1.82, 2.24) is 0 Å². The Bertz CT molecular complexity index is 718. The molecule has 0 saturated carbocycles. The van der Waals surface area contributed by atoms with Gasteiger partial charge >= 0.3 is 0 Å². The van der Waals surface area contributed by atoms with Gasteiger partial charge in [0.15, 0.2) is 0 Å². The lowest BCUT2D eigenvalue weighted by Gasteiger charge is -2.55. The molecule has 0 amide bonds. The van der Waals surface area contributed by atoms with E-state index in [2.05, 4.69) is 0 Å². The second-order valence-corrected chi connectivity index (χ2v) is 7.92. The highest BCUT2D eigenvalue weighted by Gasteiger charge is 2.50. The zero-order chi connectivity index (χ0) is 18.0. The minimum Gasteiger partial charge on any atom is -1.00 e. The van der Waals surface area contributed by atoms with Gasteiger partial charge in [-0.25, -0.2) is 0 Å². The third-order valence-corrected chi connectivity index (χ3v) is 6.30. The molecule has 4 nitrogen and oxygen atoms in total. The third kappa shape index (κ3) is 4.64. The molecule has 0 radical (unpaired) electrons. The predicted molar refractivity (Wildman–Crippen MR) is 101 cm³/mol. The predicted octanol–water partition coefficient (Wildman–Crippen LogP) is -3.58. The van der Waals surface area contributed by atoms with E-state index in [4.69, 9.17) is 0 Å². The molecule has 3 fully saturated rings. The van der Waals surface area contributed by atoms with Gasteiger partial charge in [0.25, 0.3) is 0 Å². The van der Waals surface area contributed by atoms with Crippen LogP contribution in [0, 0.1) is 0 Å². The lowest BCUT2D eigenvalue weighted by Crippen LogP contribution is -3.00. The van der Waals surface area contributed by atoms with Crippen molar-refractivity contribution >= 4 is 11.6 Å². The van der Waals surface area contributed by atoms with Gasteiger partial charge in [0, 0.05) is 11.1 Å². The number of halogens is 2. The first-order valence-corrected chi connectivity index (χ1v) is 9.47. The number of benzene rings is 2. The topological polar surface area (TPSA) is 34.1 Å². The summed E-state index contributed by atoms with van der Waals surface area (Å²) in [5.41, 5.74) is 1.63. The molecule has 150 valence electrons. The second kappa shape index (κ2) is 9.19. The molecule has 2 aromatic rings. The Balaban J connectivity index is 0.00000140. The Morgan fingerprint density at radius 1 is 0.571 bits per heavy atom. The number of quaternary nitrogens is 2. The van der Waals surface area contributed by atoms with Crippen LogP contribution in [0.1, 0.15) is 20.7 Å². The molecular weight excluding hydrogens is 395 g/mol. The summed E-state index contributed by atoms with van der Waals surface area (Å²) in [6.07, 6.45) is 0. The number of hydrogen-bond donors (Lipinski definition) is 0. The summed E-state index contributed by atoms with van der Waals surface area (Å²) in [5.74, 6) is 0.487. The highest BCUT2D eigenvalue weighted by molar-refractivity contribution is 5.97. The average Bonchev–Trinajstić information content (AvgIpc) is 2.70. The molecule has 5 rings (SSSR count). The van der Waals surface area contributed by atoms with Gasteiger partial charge in [0.1, 0.15) is 52.4 Å². The van der Waals surface area contributed by atoms with Crippen molar-refractivity contribution in [2.45, 2.75) is 0 Å². The van der Waals surface area contributed by atoms with Crippen LogP contribution in [0.25, 0.3) is 0 Å². The summed E-state index contributed by atoms with van der Waals surface area (Å²) in [6, 6.07) is 19.2. The smallest absolute Gasteiger partial charge is 0.216 e. The normalized spacial score (nSPS) is 25.3. The molecule has 3 heterocycles. The van der Waals surface area contributed by atoms with Crippen molar-refractivity contribution in [3.8, 4) is 0 Å². The van der Waals surface area contributed by atoms with Crippen LogP contribution < -0.4 is 24.8 Å². The Morgan fingerprint density at radius 2 is 0.857 bits per heavy atom. The molecular formula is C22H26Cl2N2O2. The number of fused-ring (bicyclic) bond motifs is 3. The quantitative estimate of drug-likeness (QED) is 0.357. The van der Waals surface area contributed by atoms with Gasteiger partial charge in [-0.3, -0.25) is 9.59 Å². The number of nitrogens with zero attached hydrogens (tertiary/aromatic N) is 2. The van der Waals surface area contributed by atoms with E-state index in [0.29, 0.717) is 13.1 Å². The fourth-order valence-electron chi connectivity index (χ4n) is 4.46. The van der Waals surface area contributed by atoms with E-state index in [0.717, 1.165) is 59.4 Å². The largest absolute Gasteiger partial charge is 1.00 e. The van der Waals surface area contributed by atoms with Crippen LogP contribution in [0.3, 0.4) is 0 Å². The van der Waals surface area contributed by atoms with Crippen LogP contribution in [0.4, 0.5) is 0 Å². The van der Waals surface area contributed by atoms with Crippen molar-refractivity contribution in [2.75, 3.05) is 52.4 Å². The van der Waals surface area contributed by atoms with Gasteiger partial charge in [-0.2, -0.15) is 0 Å². The van der Waals surface area contributed by atoms with Gasteiger partial charge < -0.3 is 33.8 Å². The molecule has 3 aliphatic rings. The van der Waals surface area contributed by atoms with Crippen LogP contribution in [-0.2, 0) is 0 Å². The zero-order valence-electron chi connectivity index (χ0n) is 15.9. The molecule has 0 atom stereocenters. The van der Waals surface area contributed by atoms with Crippen LogP contribution in [0.15, 0.2) is 60.7 Å².